The molecule has 0 bridgehead atoms. The molecule has 1 amide bonds. The molecule has 29 heavy (non-hydrogen) atoms. The van der Waals surface area contributed by atoms with Crippen LogP contribution in [0.2, 0.25) is 10.0 Å². The quantitative estimate of drug-likeness (QED) is 0.702. The van der Waals surface area contributed by atoms with Crippen LogP contribution in [0.15, 0.2) is 18.2 Å². The Morgan fingerprint density at radius 1 is 1.17 bits per heavy atom. The summed E-state index contributed by atoms with van der Waals surface area (Å²) in [7, 11) is 1.78. The first-order valence-electron chi connectivity index (χ1n) is 9.87. The summed E-state index contributed by atoms with van der Waals surface area (Å²) in [4.78, 5) is 24.0. The van der Waals surface area contributed by atoms with E-state index in [4.69, 9.17) is 37.9 Å². The fraction of sp³-hybridized carbons (Fsp3) is 0.476. The Kier molecular flexibility index (Phi) is 6.98. The van der Waals surface area contributed by atoms with E-state index in [1.54, 1.807) is 24.1 Å². The fourth-order valence-electron chi connectivity index (χ4n) is 3.54. The van der Waals surface area contributed by atoms with E-state index in [1.165, 1.54) is 0 Å². The van der Waals surface area contributed by atoms with Crippen molar-refractivity contribution < 1.29 is 9.53 Å². The van der Waals surface area contributed by atoms with Crippen molar-refractivity contribution in [1.29, 1.82) is 0 Å². The molecule has 3 rings (SSSR count). The van der Waals surface area contributed by atoms with E-state index < -0.39 is 6.04 Å². The Morgan fingerprint density at radius 2 is 1.90 bits per heavy atom. The number of aryl methyl sites for hydroxylation is 2. The molecular weight excluding hydrogens is 411 g/mol. The molecule has 0 saturated carbocycles. The Labute approximate surface area is 181 Å². The molecule has 0 aliphatic carbocycles. The number of benzene rings is 1. The van der Waals surface area contributed by atoms with E-state index >= 15 is 0 Å². The molecule has 1 N–H and O–H groups in total. The van der Waals surface area contributed by atoms with Gasteiger partial charge in [0.25, 0.3) is 0 Å². The summed E-state index contributed by atoms with van der Waals surface area (Å²) >= 11 is 12.5. The summed E-state index contributed by atoms with van der Waals surface area (Å²) in [6.07, 6.45) is 1.11. The third-order valence-electron chi connectivity index (χ3n) is 5.04. The lowest BCUT2D eigenvalue weighted by atomic mass is 10.1. The van der Waals surface area contributed by atoms with Gasteiger partial charge in [-0.3, -0.25) is 4.79 Å². The number of likely N-dealkylation sites (N-methyl/N-ethyl adjacent to an activating group) is 1. The van der Waals surface area contributed by atoms with Crippen molar-refractivity contribution in [2.24, 2.45) is 0 Å². The zero-order chi connectivity index (χ0) is 21.1. The van der Waals surface area contributed by atoms with Crippen LogP contribution in [0.4, 0.5) is 5.82 Å². The molecule has 1 aliphatic heterocycles. The summed E-state index contributed by atoms with van der Waals surface area (Å²) in [5.74, 6) is 0.617. The monoisotopic (exact) mass is 436 g/mol. The highest BCUT2D eigenvalue weighted by molar-refractivity contribution is 6.36. The van der Waals surface area contributed by atoms with Crippen molar-refractivity contribution in [3.8, 4) is 11.3 Å². The van der Waals surface area contributed by atoms with E-state index in [2.05, 4.69) is 5.32 Å². The van der Waals surface area contributed by atoms with E-state index in [0.717, 1.165) is 22.6 Å². The van der Waals surface area contributed by atoms with Crippen LogP contribution in [0.3, 0.4) is 0 Å². The van der Waals surface area contributed by atoms with Crippen molar-refractivity contribution in [2.45, 2.75) is 45.8 Å². The topological polar surface area (TPSA) is 67.3 Å². The number of likely N-dealkylation sites (tertiary alicyclic amines) is 1. The van der Waals surface area contributed by atoms with Gasteiger partial charge < -0.3 is 15.0 Å². The number of nitrogens with zero attached hydrogens (tertiary/aromatic N) is 3. The average molecular weight is 437 g/mol. The Balaban J connectivity index is 2.01. The van der Waals surface area contributed by atoms with Gasteiger partial charge in [-0.2, -0.15) is 0 Å². The molecule has 2 heterocycles. The second-order valence-corrected chi connectivity index (χ2v) is 7.82. The molecule has 1 fully saturated rings. The number of hydrogen-bond acceptors (Lipinski definition) is 5. The molecule has 0 unspecified atom stereocenters. The van der Waals surface area contributed by atoms with Gasteiger partial charge in [0.2, 0.25) is 5.91 Å². The van der Waals surface area contributed by atoms with E-state index in [-0.39, 0.29) is 12.0 Å². The number of carbonyl (C=O) groups is 1. The molecule has 0 spiro atoms. The van der Waals surface area contributed by atoms with Crippen LogP contribution >= 0.6 is 23.2 Å². The minimum atomic E-state index is -0.478. The highest BCUT2D eigenvalue weighted by Crippen LogP contribution is 2.33. The maximum Gasteiger partial charge on any atom is 0.247 e. The highest BCUT2D eigenvalue weighted by atomic mass is 35.5. The Bertz CT molecular complexity index is 906. The Morgan fingerprint density at radius 3 is 2.52 bits per heavy atom. The number of nitrogens with one attached hydrogen (secondary N) is 1. The molecule has 8 heteroatoms. The van der Waals surface area contributed by atoms with Crippen molar-refractivity contribution in [1.82, 2.24) is 14.9 Å². The Hall–Kier alpha value is -1.89. The lowest BCUT2D eigenvalue weighted by Gasteiger charge is -2.21. The van der Waals surface area contributed by atoms with Gasteiger partial charge in [-0.25, -0.2) is 9.97 Å². The number of hydrogen-bond donors (Lipinski definition) is 1. The molecule has 1 aliphatic rings. The number of ether oxygens (including phenoxy) is 1. The molecular formula is C21H26Cl2N4O2. The first kappa shape index (κ1) is 21.8. The maximum atomic E-state index is 12.6. The predicted molar refractivity (Wildman–Crippen MR) is 117 cm³/mol. The molecule has 1 aromatic heterocycles. The number of amides is 1. The lowest BCUT2D eigenvalue weighted by molar-refractivity contribution is -0.127. The standard InChI is InChI=1S/C21H26Cl2N4O2/c1-5-15-18(13-9-8-12(22)10-14(13)23)24-16(6-2)20(25-15)26-19-17(29-7-3)11-27(4)21(19)28/h8-10,17,19H,5-7,11H2,1-4H3,(H,25,26)/t17-,19-/m0/s1. The lowest BCUT2D eigenvalue weighted by Crippen LogP contribution is -2.38. The van der Waals surface area contributed by atoms with Crippen LogP contribution < -0.4 is 5.32 Å². The summed E-state index contributed by atoms with van der Waals surface area (Å²) in [6, 6.07) is 4.88. The van der Waals surface area contributed by atoms with Crippen molar-refractivity contribution in [3.63, 3.8) is 0 Å². The van der Waals surface area contributed by atoms with Crippen LogP contribution in [-0.2, 0) is 22.4 Å². The molecule has 2 aromatic rings. The van der Waals surface area contributed by atoms with Gasteiger partial charge in [0, 0.05) is 30.8 Å². The zero-order valence-corrected chi connectivity index (χ0v) is 18.6. The fourth-order valence-corrected chi connectivity index (χ4v) is 4.04. The van der Waals surface area contributed by atoms with Crippen LogP contribution in [0.1, 0.15) is 32.2 Å². The van der Waals surface area contributed by atoms with E-state index in [9.17, 15) is 4.79 Å². The van der Waals surface area contributed by atoms with Crippen LogP contribution in [0.25, 0.3) is 11.3 Å². The number of aromatic nitrogens is 2. The van der Waals surface area contributed by atoms with Gasteiger partial charge in [0.05, 0.1) is 22.1 Å². The SMILES string of the molecule is CCO[C@H]1CN(C)C(=O)[C@H]1Nc1nc(CC)c(-c2ccc(Cl)cc2Cl)nc1CC. The second kappa shape index (κ2) is 9.28. The van der Waals surface area contributed by atoms with Gasteiger partial charge >= 0.3 is 0 Å². The number of anilines is 1. The number of rotatable bonds is 7. The minimum absolute atomic E-state index is 0.00447. The van der Waals surface area contributed by atoms with Crippen molar-refractivity contribution in [3.05, 3.63) is 39.6 Å². The van der Waals surface area contributed by atoms with Crippen LogP contribution in [-0.4, -0.2) is 53.1 Å². The van der Waals surface area contributed by atoms with Crippen LogP contribution in [0.5, 0.6) is 0 Å². The predicted octanol–water partition coefficient (Wildman–Crippen LogP) is 4.23. The minimum Gasteiger partial charge on any atom is -0.374 e. The average Bonchev–Trinajstić information content (AvgIpc) is 2.95. The largest absolute Gasteiger partial charge is 0.374 e. The van der Waals surface area contributed by atoms with Crippen molar-refractivity contribution in [2.75, 3.05) is 25.5 Å². The molecule has 0 radical (unpaired) electrons. The summed E-state index contributed by atoms with van der Waals surface area (Å²) < 4.78 is 5.78. The van der Waals surface area contributed by atoms with E-state index in [0.29, 0.717) is 41.9 Å². The van der Waals surface area contributed by atoms with Crippen LogP contribution in [0, 0.1) is 0 Å². The molecule has 2 atom stereocenters. The summed E-state index contributed by atoms with van der Waals surface area (Å²) in [5, 5.41) is 4.42. The summed E-state index contributed by atoms with van der Waals surface area (Å²) in [5.41, 5.74) is 3.12. The molecule has 1 saturated heterocycles. The first-order valence-corrected chi connectivity index (χ1v) is 10.6. The van der Waals surface area contributed by atoms with Gasteiger partial charge in [0.1, 0.15) is 18.0 Å². The summed E-state index contributed by atoms with van der Waals surface area (Å²) in [6.45, 7) is 7.06. The van der Waals surface area contributed by atoms with Crippen molar-refractivity contribution >= 4 is 34.9 Å². The van der Waals surface area contributed by atoms with Gasteiger partial charge in [-0.05, 0) is 38.0 Å². The third kappa shape index (κ3) is 4.49. The normalized spacial score (nSPS) is 19.1. The van der Waals surface area contributed by atoms with E-state index in [1.807, 2.05) is 26.8 Å². The smallest absolute Gasteiger partial charge is 0.247 e. The van der Waals surface area contributed by atoms with Gasteiger partial charge in [-0.1, -0.05) is 37.0 Å². The highest BCUT2D eigenvalue weighted by Gasteiger charge is 2.40. The van der Waals surface area contributed by atoms with Gasteiger partial charge in [0.15, 0.2) is 0 Å². The first-order chi connectivity index (χ1) is 13.9. The molecule has 1 aromatic carbocycles. The third-order valence-corrected chi connectivity index (χ3v) is 5.58. The molecule has 6 nitrogen and oxygen atoms in total. The number of halogens is 2. The second-order valence-electron chi connectivity index (χ2n) is 6.98. The number of carbonyl (C=O) groups excluding carboxylic acids is 1. The maximum absolute atomic E-state index is 12.6. The molecule has 156 valence electrons. The van der Waals surface area contributed by atoms with Gasteiger partial charge in [-0.15, -0.1) is 0 Å². The zero-order valence-electron chi connectivity index (χ0n) is 17.1.